The molecule has 27 heavy (non-hydrogen) atoms. The smallest absolute Gasteiger partial charge is 0.270 e. The van der Waals surface area contributed by atoms with Crippen molar-refractivity contribution in [3.05, 3.63) is 47.3 Å². The highest BCUT2D eigenvalue weighted by atomic mass is 16.2. The summed E-state index contributed by atoms with van der Waals surface area (Å²) >= 11 is 0. The Morgan fingerprint density at radius 1 is 1.41 bits per heavy atom. The first-order chi connectivity index (χ1) is 13.1. The molecule has 2 amide bonds. The fourth-order valence-electron chi connectivity index (χ4n) is 3.66. The minimum absolute atomic E-state index is 0.0164. The van der Waals surface area contributed by atoms with E-state index in [4.69, 9.17) is 5.26 Å². The average molecular weight is 364 g/mol. The van der Waals surface area contributed by atoms with Crippen molar-refractivity contribution in [3.63, 3.8) is 0 Å². The van der Waals surface area contributed by atoms with E-state index in [2.05, 4.69) is 20.3 Å². The summed E-state index contributed by atoms with van der Waals surface area (Å²) < 4.78 is 0. The summed E-state index contributed by atoms with van der Waals surface area (Å²) in [5, 5.41) is 11.9. The number of nitriles is 1. The second-order valence-electron chi connectivity index (χ2n) is 7.14. The van der Waals surface area contributed by atoms with E-state index in [0.29, 0.717) is 24.3 Å². The number of nitrogens with one attached hydrogen (secondary N) is 2. The summed E-state index contributed by atoms with van der Waals surface area (Å²) in [5.74, 6) is 0.129. The quantitative estimate of drug-likeness (QED) is 0.844. The normalized spacial score (nSPS) is 23.7. The molecule has 1 aliphatic heterocycles. The molecule has 0 bridgehead atoms. The number of pyridine rings is 1. The van der Waals surface area contributed by atoms with E-state index >= 15 is 0 Å². The zero-order valence-corrected chi connectivity index (χ0v) is 15.0. The molecule has 2 aromatic heterocycles. The van der Waals surface area contributed by atoms with Gasteiger partial charge in [-0.1, -0.05) is 0 Å². The molecule has 0 radical (unpaired) electrons. The van der Waals surface area contributed by atoms with Crippen LogP contribution in [-0.2, 0) is 4.79 Å². The van der Waals surface area contributed by atoms with Crippen LogP contribution < -0.4 is 5.32 Å². The van der Waals surface area contributed by atoms with Crippen LogP contribution in [0.1, 0.15) is 46.2 Å². The van der Waals surface area contributed by atoms with Crippen LogP contribution in [0.25, 0.3) is 0 Å². The minimum atomic E-state index is -0.274. The number of carbonyl (C=O) groups excluding carboxylic acids is 2. The molecule has 8 nitrogen and oxygen atoms in total. The van der Waals surface area contributed by atoms with Crippen LogP contribution in [0.4, 0.5) is 0 Å². The van der Waals surface area contributed by atoms with E-state index in [9.17, 15) is 9.59 Å². The van der Waals surface area contributed by atoms with Gasteiger partial charge in [0.15, 0.2) is 0 Å². The molecule has 2 aliphatic rings. The molecule has 138 valence electrons. The molecule has 8 heteroatoms. The fraction of sp³-hybridized carbons (Fsp3) is 0.421. The first-order valence-electron chi connectivity index (χ1n) is 9.02. The van der Waals surface area contributed by atoms with Gasteiger partial charge in [-0.05, 0) is 31.9 Å². The average Bonchev–Trinajstić information content (AvgIpc) is 3.07. The predicted molar refractivity (Wildman–Crippen MR) is 95.6 cm³/mol. The maximum atomic E-state index is 12.7. The number of hydrogen-bond acceptors (Lipinski definition) is 5. The van der Waals surface area contributed by atoms with Gasteiger partial charge in [0.25, 0.3) is 5.91 Å². The Morgan fingerprint density at radius 3 is 2.96 bits per heavy atom. The zero-order chi connectivity index (χ0) is 19.0. The third kappa shape index (κ3) is 3.40. The van der Waals surface area contributed by atoms with Gasteiger partial charge in [0.1, 0.15) is 11.8 Å². The van der Waals surface area contributed by atoms with Crippen LogP contribution in [-0.4, -0.2) is 50.8 Å². The monoisotopic (exact) mass is 364 g/mol. The standard InChI is InChI=1S/C19H20N6O2/c1-11-12(7-20)2-3-16(23-11)18(26)24-13-4-5-25(9-13)19(27)15-6-14(15)17-8-21-10-22-17/h2-3,8,10,13-15H,4-6,9H2,1H3,(H,21,22)(H,24,26)/t13?,14-,15-/m1/s1. The summed E-state index contributed by atoms with van der Waals surface area (Å²) in [6, 6.07) is 5.11. The number of carbonyl (C=O) groups is 2. The van der Waals surface area contributed by atoms with Gasteiger partial charge in [-0.2, -0.15) is 5.26 Å². The lowest BCUT2D eigenvalue weighted by molar-refractivity contribution is -0.131. The molecule has 2 aromatic rings. The fourth-order valence-corrected chi connectivity index (χ4v) is 3.66. The van der Waals surface area contributed by atoms with Crippen LogP contribution in [0.2, 0.25) is 0 Å². The van der Waals surface area contributed by atoms with Gasteiger partial charge in [-0.25, -0.2) is 9.97 Å². The molecule has 1 aliphatic carbocycles. The molecule has 2 fully saturated rings. The molecule has 0 spiro atoms. The largest absolute Gasteiger partial charge is 0.348 e. The summed E-state index contributed by atoms with van der Waals surface area (Å²) in [6.07, 6.45) is 4.99. The number of imidazole rings is 1. The number of hydrogen-bond donors (Lipinski definition) is 2. The van der Waals surface area contributed by atoms with Gasteiger partial charge in [0, 0.05) is 42.9 Å². The van der Waals surface area contributed by atoms with Gasteiger partial charge < -0.3 is 15.2 Å². The summed E-state index contributed by atoms with van der Waals surface area (Å²) in [5.41, 5.74) is 2.30. The number of nitrogens with zero attached hydrogens (tertiary/aromatic N) is 4. The van der Waals surface area contributed by atoms with Gasteiger partial charge in [0.05, 0.1) is 17.6 Å². The molecule has 3 heterocycles. The highest BCUT2D eigenvalue weighted by molar-refractivity contribution is 5.92. The van der Waals surface area contributed by atoms with Crippen LogP contribution >= 0.6 is 0 Å². The lowest BCUT2D eigenvalue weighted by Crippen LogP contribution is -2.39. The van der Waals surface area contributed by atoms with Gasteiger partial charge >= 0.3 is 0 Å². The molecule has 1 saturated carbocycles. The maximum absolute atomic E-state index is 12.7. The van der Waals surface area contributed by atoms with Crippen molar-refractivity contribution in [2.45, 2.75) is 31.7 Å². The highest BCUT2D eigenvalue weighted by Gasteiger charge is 2.47. The number of aromatic amines is 1. The Bertz CT molecular complexity index is 917. The van der Waals surface area contributed by atoms with Gasteiger partial charge in [-0.15, -0.1) is 0 Å². The van der Waals surface area contributed by atoms with Crippen molar-refractivity contribution >= 4 is 11.8 Å². The molecule has 1 unspecified atom stereocenters. The maximum Gasteiger partial charge on any atom is 0.270 e. The Labute approximate surface area is 156 Å². The number of rotatable bonds is 4. The Balaban J connectivity index is 1.32. The number of H-pyrrole nitrogens is 1. The number of aryl methyl sites for hydroxylation is 1. The lowest BCUT2D eigenvalue weighted by Gasteiger charge is -2.17. The minimum Gasteiger partial charge on any atom is -0.348 e. The van der Waals surface area contributed by atoms with Crippen LogP contribution in [0.15, 0.2) is 24.7 Å². The molecule has 4 rings (SSSR count). The summed E-state index contributed by atoms with van der Waals surface area (Å²) in [7, 11) is 0. The van der Waals surface area contributed by atoms with Crippen molar-refractivity contribution in [2.75, 3.05) is 13.1 Å². The van der Waals surface area contributed by atoms with Crippen LogP contribution in [0, 0.1) is 24.2 Å². The Morgan fingerprint density at radius 2 is 2.26 bits per heavy atom. The highest BCUT2D eigenvalue weighted by Crippen LogP contribution is 2.47. The number of likely N-dealkylation sites (tertiary alicyclic amines) is 1. The molecule has 3 atom stereocenters. The van der Waals surface area contributed by atoms with Crippen LogP contribution in [0.3, 0.4) is 0 Å². The van der Waals surface area contributed by atoms with Crippen molar-refractivity contribution in [1.82, 2.24) is 25.2 Å². The van der Waals surface area contributed by atoms with Crippen molar-refractivity contribution < 1.29 is 9.59 Å². The van der Waals surface area contributed by atoms with Gasteiger partial charge in [-0.3, -0.25) is 9.59 Å². The summed E-state index contributed by atoms with van der Waals surface area (Å²) in [4.78, 5) is 38.2. The van der Waals surface area contributed by atoms with E-state index in [1.807, 2.05) is 11.0 Å². The van der Waals surface area contributed by atoms with Crippen molar-refractivity contribution in [1.29, 1.82) is 5.26 Å². The van der Waals surface area contributed by atoms with Crippen molar-refractivity contribution in [2.24, 2.45) is 5.92 Å². The Hall–Kier alpha value is -3.21. The van der Waals surface area contributed by atoms with E-state index < -0.39 is 0 Å². The first-order valence-corrected chi connectivity index (χ1v) is 9.02. The van der Waals surface area contributed by atoms with E-state index in [1.54, 1.807) is 31.6 Å². The lowest BCUT2D eigenvalue weighted by atomic mass is 10.2. The van der Waals surface area contributed by atoms with Gasteiger partial charge in [0.2, 0.25) is 5.91 Å². The second kappa shape index (κ2) is 6.83. The second-order valence-corrected chi connectivity index (χ2v) is 7.14. The zero-order valence-electron chi connectivity index (χ0n) is 15.0. The third-order valence-electron chi connectivity index (χ3n) is 5.30. The molecule has 2 N–H and O–H groups in total. The van der Waals surface area contributed by atoms with E-state index in [1.165, 1.54) is 0 Å². The van der Waals surface area contributed by atoms with Crippen molar-refractivity contribution in [3.8, 4) is 6.07 Å². The van der Waals surface area contributed by atoms with Crippen LogP contribution in [0.5, 0.6) is 0 Å². The topological polar surface area (TPSA) is 115 Å². The molecule has 0 aromatic carbocycles. The number of amides is 2. The predicted octanol–water partition coefficient (Wildman–Crippen LogP) is 1.12. The third-order valence-corrected chi connectivity index (χ3v) is 5.30. The molecule has 1 saturated heterocycles. The summed E-state index contributed by atoms with van der Waals surface area (Å²) in [6.45, 7) is 2.87. The van der Waals surface area contributed by atoms with E-state index in [-0.39, 0.29) is 35.4 Å². The van der Waals surface area contributed by atoms with E-state index in [0.717, 1.165) is 18.5 Å². The molecular weight excluding hydrogens is 344 g/mol. The molecular formula is C19H20N6O2. The Kier molecular flexibility index (Phi) is 4.36. The number of aromatic nitrogens is 3. The first kappa shape index (κ1) is 17.2. The SMILES string of the molecule is Cc1nc(C(=O)NC2CCN(C(=O)[C@@H]3C[C@H]3c3cnc[nH]3)C2)ccc1C#N.